The van der Waals surface area contributed by atoms with Gasteiger partial charge in [0.05, 0.1) is 13.0 Å². The highest BCUT2D eigenvalue weighted by Crippen LogP contribution is 2.32. The lowest BCUT2D eigenvalue weighted by atomic mass is 9.85. The second-order valence-corrected chi connectivity index (χ2v) is 9.58. The quantitative estimate of drug-likeness (QED) is 0.531. The van der Waals surface area contributed by atoms with Crippen molar-refractivity contribution in [3.63, 3.8) is 0 Å². The van der Waals surface area contributed by atoms with Gasteiger partial charge in [0, 0.05) is 24.6 Å². The van der Waals surface area contributed by atoms with Gasteiger partial charge in [0.1, 0.15) is 5.75 Å². The Morgan fingerprint density at radius 3 is 2.43 bits per heavy atom. The third-order valence-corrected chi connectivity index (χ3v) is 7.17. The van der Waals surface area contributed by atoms with E-state index in [0.717, 1.165) is 60.1 Å². The van der Waals surface area contributed by atoms with E-state index in [2.05, 4.69) is 24.3 Å². The van der Waals surface area contributed by atoms with Gasteiger partial charge in [-0.25, -0.2) is 0 Å². The molecule has 1 N–H and O–H groups in total. The van der Waals surface area contributed by atoms with Crippen LogP contribution in [0.3, 0.4) is 0 Å². The van der Waals surface area contributed by atoms with Gasteiger partial charge in [0.2, 0.25) is 0 Å². The third-order valence-electron chi connectivity index (χ3n) is 7.17. The van der Waals surface area contributed by atoms with Crippen LogP contribution in [0, 0.1) is 0 Å². The van der Waals surface area contributed by atoms with E-state index in [9.17, 15) is 14.7 Å². The zero-order valence-electron chi connectivity index (χ0n) is 19.9. The maximum Gasteiger partial charge on any atom is 0.304 e. The molecule has 0 aromatic heterocycles. The smallest absolute Gasteiger partial charge is 0.304 e. The van der Waals surface area contributed by atoms with Gasteiger partial charge in [-0.05, 0) is 84.2 Å². The predicted octanol–water partition coefficient (Wildman–Crippen LogP) is 5.60. The van der Waals surface area contributed by atoms with Crippen molar-refractivity contribution < 1.29 is 19.4 Å². The summed E-state index contributed by atoms with van der Waals surface area (Å²) in [5.74, 6) is -0.240. The number of carboxylic acids is 1. The first-order valence-corrected chi connectivity index (χ1v) is 12.5. The number of aliphatic carboxylic acids is 1. The Bertz CT molecular complexity index is 1200. The minimum Gasteiger partial charge on any atom is -0.494 e. The van der Waals surface area contributed by atoms with Crippen molar-refractivity contribution in [1.29, 1.82) is 0 Å². The number of hydrogen-bond donors (Lipinski definition) is 1. The summed E-state index contributed by atoms with van der Waals surface area (Å²) in [6, 6.07) is 22.1. The predicted molar refractivity (Wildman–Crippen MR) is 135 cm³/mol. The molecule has 0 saturated heterocycles. The highest BCUT2D eigenvalue weighted by Gasteiger charge is 2.24. The summed E-state index contributed by atoms with van der Waals surface area (Å²) in [5.41, 5.74) is 6.21. The summed E-state index contributed by atoms with van der Waals surface area (Å²) in [5, 5.41) is 9.63. The number of benzene rings is 3. The fourth-order valence-electron chi connectivity index (χ4n) is 5.16. The Kier molecular flexibility index (Phi) is 6.84. The van der Waals surface area contributed by atoms with Crippen LogP contribution >= 0.6 is 0 Å². The van der Waals surface area contributed by atoms with Gasteiger partial charge in [-0.2, -0.15) is 0 Å². The topological polar surface area (TPSA) is 66.8 Å². The Balaban J connectivity index is 1.49. The maximum atomic E-state index is 13.2. The van der Waals surface area contributed by atoms with E-state index in [1.807, 2.05) is 47.4 Å². The number of carboxylic acid groups (broad SMARTS) is 1. The van der Waals surface area contributed by atoms with Gasteiger partial charge in [-0.3, -0.25) is 9.59 Å². The highest BCUT2D eigenvalue weighted by atomic mass is 16.5. The lowest BCUT2D eigenvalue weighted by Crippen LogP contribution is -2.36. The second kappa shape index (κ2) is 10.3. The molecule has 5 aliphatic heterocycles. The van der Waals surface area contributed by atoms with Crippen LogP contribution in [-0.4, -0.2) is 35.0 Å². The van der Waals surface area contributed by atoms with Crippen molar-refractivity contribution in [2.24, 2.45) is 0 Å². The van der Waals surface area contributed by atoms with Crippen LogP contribution < -0.4 is 4.74 Å². The SMILES string of the molecule is O=C(O)CC1c2ccc(cc2)OCCCCCc2ccc(cc2)C(=O)N2CCc3ccc1cc3C2. The van der Waals surface area contributed by atoms with Gasteiger partial charge in [-0.1, -0.05) is 42.5 Å². The molecule has 3 aromatic rings. The molecule has 0 aliphatic carbocycles. The molecule has 1 atom stereocenters. The molecular weight excluding hydrogens is 438 g/mol. The van der Waals surface area contributed by atoms with E-state index in [1.54, 1.807) is 0 Å². The van der Waals surface area contributed by atoms with E-state index in [0.29, 0.717) is 19.7 Å². The summed E-state index contributed by atoms with van der Waals surface area (Å²) in [6.45, 7) is 1.88. The number of nitrogens with zero attached hydrogens (tertiary/aromatic N) is 1. The third kappa shape index (κ3) is 5.40. The van der Waals surface area contributed by atoms with E-state index < -0.39 is 5.97 Å². The number of ether oxygens (including phenoxy) is 1. The molecule has 5 heteroatoms. The molecule has 5 heterocycles. The molecule has 5 aliphatic rings. The highest BCUT2D eigenvalue weighted by molar-refractivity contribution is 5.94. The van der Waals surface area contributed by atoms with Crippen LogP contribution in [-0.2, 0) is 24.2 Å². The number of carbonyl (C=O) groups is 2. The molecule has 3 aromatic carbocycles. The first kappa shape index (κ1) is 23.2. The molecule has 7 bridgehead atoms. The van der Waals surface area contributed by atoms with E-state index in [-0.39, 0.29) is 18.2 Å². The van der Waals surface area contributed by atoms with E-state index in [4.69, 9.17) is 4.74 Å². The molecule has 8 rings (SSSR count). The Hall–Kier alpha value is -3.60. The molecule has 1 unspecified atom stereocenters. The van der Waals surface area contributed by atoms with Crippen LogP contribution in [0.5, 0.6) is 5.75 Å². The summed E-state index contributed by atoms with van der Waals surface area (Å²) >= 11 is 0. The van der Waals surface area contributed by atoms with Crippen molar-refractivity contribution in [1.82, 2.24) is 4.90 Å². The molecule has 35 heavy (non-hydrogen) atoms. The van der Waals surface area contributed by atoms with Gasteiger partial charge in [-0.15, -0.1) is 0 Å². The maximum absolute atomic E-state index is 13.2. The average Bonchev–Trinajstić information content (AvgIpc) is 2.88. The molecule has 5 nitrogen and oxygen atoms in total. The van der Waals surface area contributed by atoms with Crippen LogP contribution in [0.1, 0.15) is 69.8 Å². The van der Waals surface area contributed by atoms with Crippen LogP contribution in [0.4, 0.5) is 0 Å². The van der Waals surface area contributed by atoms with Crippen LogP contribution in [0.25, 0.3) is 0 Å². The molecule has 0 spiro atoms. The summed E-state index contributed by atoms with van der Waals surface area (Å²) in [7, 11) is 0. The van der Waals surface area contributed by atoms with Gasteiger partial charge >= 0.3 is 5.97 Å². The summed E-state index contributed by atoms with van der Waals surface area (Å²) in [6.07, 6.45) is 4.93. The fraction of sp³-hybridized carbons (Fsp3) is 0.333. The standard InChI is InChI=1S/C30H31NO4/c32-29(33)19-28-23-11-13-27(14-12-23)35-17-3-1-2-4-21-5-7-24(8-6-21)30(34)31-16-15-22-9-10-25(28)18-26(22)20-31/h5-14,18,28H,1-4,15-17,19-20H2,(H,32,33). The average molecular weight is 470 g/mol. The Labute approximate surface area is 206 Å². The molecular formula is C30H31NO4. The molecule has 0 saturated carbocycles. The van der Waals surface area contributed by atoms with Crippen LogP contribution in [0.15, 0.2) is 66.7 Å². The van der Waals surface area contributed by atoms with E-state index >= 15 is 0 Å². The summed E-state index contributed by atoms with van der Waals surface area (Å²) in [4.78, 5) is 26.9. The molecule has 0 radical (unpaired) electrons. The number of carbonyl (C=O) groups excluding carboxylic acids is 1. The molecule has 180 valence electrons. The fourth-order valence-corrected chi connectivity index (χ4v) is 5.16. The van der Waals surface area contributed by atoms with Gasteiger partial charge in [0.15, 0.2) is 0 Å². The van der Waals surface area contributed by atoms with Crippen molar-refractivity contribution >= 4 is 11.9 Å². The number of amides is 1. The Morgan fingerprint density at radius 1 is 0.886 bits per heavy atom. The van der Waals surface area contributed by atoms with E-state index in [1.165, 1.54) is 11.1 Å². The minimum atomic E-state index is -0.834. The number of hydrogen-bond acceptors (Lipinski definition) is 3. The van der Waals surface area contributed by atoms with Crippen molar-refractivity contribution in [2.45, 2.75) is 51.0 Å². The van der Waals surface area contributed by atoms with Gasteiger partial charge in [0.25, 0.3) is 5.91 Å². The largest absolute Gasteiger partial charge is 0.494 e. The second-order valence-electron chi connectivity index (χ2n) is 9.58. The summed E-state index contributed by atoms with van der Waals surface area (Å²) < 4.78 is 5.93. The minimum absolute atomic E-state index is 0.00792. The van der Waals surface area contributed by atoms with Crippen molar-refractivity contribution in [2.75, 3.05) is 13.2 Å². The monoisotopic (exact) mass is 469 g/mol. The molecule has 1 amide bonds. The number of rotatable bonds is 2. The Morgan fingerprint density at radius 2 is 1.66 bits per heavy atom. The van der Waals surface area contributed by atoms with Crippen molar-refractivity contribution in [3.8, 4) is 5.75 Å². The molecule has 0 fully saturated rings. The van der Waals surface area contributed by atoms with Gasteiger partial charge < -0.3 is 14.7 Å². The first-order valence-electron chi connectivity index (χ1n) is 12.5. The zero-order chi connectivity index (χ0) is 24.2. The normalized spacial score (nSPS) is 18.2. The zero-order valence-corrected chi connectivity index (χ0v) is 19.9. The number of aryl methyl sites for hydroxylation is 1. The van der Waals surface area contributed by atoms with Crippen molar-refractivity contribution in [3.05, 3.63) is 100 Å². The first-order chi connectivity index (χ1) is 17.1. The lowest BCUT2D eigenvalue weighted by Gasteiger charge is -2.30. The van der Waals surface area contributed by atoms with Crippen LogP contribution in [0.2, 0.25) is 0 Å². The lowest BCUT2D eigenvalue weighted by molar-refractivity contribution is -0.137.